The van der Waals surface area contributed by atoms with E-state index in [1.807, 2.05) is 0 Å². The molecule has 0 spiro atoms. The third-order valence-electron chi connectivity index (χ3n) is 4.08. The van der Waals surface area contributed by atoms with Crippen LogP contribution < -0.4 is 5.32 Å². The van der Waals surface area contributed by atoms with Gasteiger partial charge in [0.1, 0.15) is 5.82 Å². The number of hydrogen-bond donors (Lipinski definition) is 1. The van der Waals surface area contributed by atoms with Gasteiger partial charge in [0.15, 0.2) is 0 Å². The van der Waals surface area contributed by atoms with E-state index in [0.717, 1.165) is 16.6 Å². The van der Waals surface area contributed by atoms with Gasteiger partial charge in [-0.3, -0.25) is 0 Å². The largest absolute Gasteiger partial charge is 0.309 e. The highest BCUT2D eigenvalue weighted by Crippen LogP contribution is 2.29. The first-order valence-electron chi connectivity index (χ1n) is 6.75. The van der Waals surface area contributed by atoms with Gasteiger partial charge in [-0.15, -0.1) is 0 Å². The first kappa shape index (κ1) is 14.0. The molecule has 1 aliphatic carbocycles. The molecule has 0 bridgehead atoms. The predicted octanol–water partition coefficient (Wildman–Crippen LogP) is 4.50. The Morgan fingerprint density at radius 2 is 1.94 bits per heavy atom. The number of halogens is 2. The highest BCUT2D eigenvalue weighted by atomic mass is 79.9. The SMILES string of the molecule is CC1CCCC(C)C1NCc1cc(F)ccc1Br. The van der Waals surface area contributed by atoms with E-state index in [4.69, 9.17) is 0 Å². The first-order valence-corrected chi connectivity index (χ1v) is 7.54. The molecule has 0 saturated heterocycles. The van der Waals surface area contributed by atoms with Crippen molar-refractivity contribution in [2.45, 2.75) is 45.7 Å². The third-order valence-corrected chi connectivity index (χ3v) is 4.85. The van der Waals surface area contributed by atoms with Crippen LogP contribution in [0.25, 0.3) is 0 Å². The van der Waals surface area contributed by atoms with Crippen molar-refractivity contribution in [2.75, 3.05) is 0 Å². The minimum atomic E-state index is -0.167. The van der Waals surface area contributed by atoms with Gasteiger partial charge in [-0.1, -0.05) is 36.2 Å². The normalized spacial score (nSPS) is 28.3. The molecule has 2 rings (SSSR count). The van der Waals surface area contributed by atoms with Crippen LogP contribution in [0, 0.1) is 17.7 Å². The van der Waals surface area contributed by atoms with Gasteiger partial charge in [-0.2, -0.15) is 0 Å². The Morgan fingerprint density at radius 1 is 1.28 bits per heavy atom. The molecule has 1 N–H and O–H groups in total. The van der Waals surface area contributed by atoms with Crippen LogP contribution in [0.4, 0.5) is 4.39 Å². The van der Waals surface area contributed by atoms with E-state index in [-0.39, 0.29) is 5.82 Å². The van der Waals surface area contributed by atoms with Crippen molar-refractivity contribution in [2.24, 2.45) is 11.8 Å². The lowest BCUT2D eigenvalue weighted by Crippen LogP contribution is -2.42. The van der Waals surface area contributed by atoms with E-state index in [9.17, 15) is 4.39 Å². The van der Waals surface area contributed by atoms with Crippen molar-refractivity contribution >= 4 is 15.9 Å². The van der Waals surface area contributed by atoms with E-state index in [2.05, 4.69) is 35.1 Å². The average molecular weight is 314 g/mol. The summed E-state index contributed by atoms with van der Waals surface area (Å²) in [5.41, 5.74) is 1.000. The molecular formula is C15H21BrFN. The van der Waals surface area contributed by atoms with E-state index >= 15 is 0 Å². The van der Waals surface area contributed by atoms with Crippen LogP contribution in [-0.2, 0) is 6.54 Å². The molecule has 2 unspecified atom stereocenters. The lowest BCUT2D eigenvalue weighted by molar-refractivity contribution is 0.207. The van der Waals surface area contributed by atoms with Crippen molar-refractivity contribution in [3.05, 3.63) is 34.1 Å². The molecule has 1 aromatic rings. The van der Waals surface area contributed by atoms with Crippen LogP contribution >= 0.6 is 15.9 Å². The molecule has 0 radical (unpaired) electrons. The Labute approximate surface area is 117 Å². The summed E-state index contributed by atoms with van der Waals surface area (Å²) in [5, 5.41) is 3.61. The minimum Gasteiger partial charge on any atom is -0.309 e. The second kappa shape index (κ2) is 6.16. The molecule has 0 aromatic heterocycles. The van der Waals surface area contributed by atoms with Gasteiger partial charge in [0, 0.05) is 17.1 Å². The van der Waals surface area contributed by atoms with Gasteiger partial charge in [0.05, 0.1) is 0 Å². The number of benzene rings is 1. The van der Waals surface area contributed by atoms with Crippen LogP contribution in [-0.4, -0.2) is 6.04 Å². The highest BCUT2D eigenvalue weighted by Gasteiger charge is 2.27. The fourth-order valence-electron chi connectivity index (χ4n) is 2.99. The molecule has 1 aliphatic rings. The van der Waals surface area contributed by atoms with E-state index < -0.39 is 0 Å². The molecule has 2 atom stereocenters. The van der Waals surface area contributed by atoms with Gasteiger partial charge in [0.2, 0.25) is 0 Å². The molecule has 0 amide bonds. The lowest BCUT2D eigenvalue weighted by Gasteiger charge is -2.35. The fraction of sp³-hybridized carbons (Fsp3) is 0.600. The van der Waals surface area contributed by atoms with Crippen molar-refractivity contribution in [1.29, 1.82) is 0 Å². The number of rotatable bonds is 3. The predicted molar refractivity (Wildman–Crippen MR) is 76.9 cm³/mol. The molecule has 1 fully saturated rings. The van der Waals surface area contributed by atoms with Crippen molar-refractivity contribution in [3.63, 3.8) is 0 Å². The third kappa shape index (κ3) is 3.33. The second-order valence-corrected chi connectivity index (χ2v) is 6.38. The van der Waals surface area contributed by atoms with Crippen LogP contribution in [0.3, 0.4) is 0 Å². The summed E-state index contributed by atoms with van der Waals surface area (Å²) < 4.78 is 14.2. The molecule has 1 aromatic carbocycles. The molecular weight excluding hydrogens is 293 g/mol. The molecule has 3 heteroatoms. The second-order valence-electron chi connectivity index (χ2n) is 5.53. The molecule has 1 nitrogen and oxygen atoms in total. The number of nitrogens with one attached hydrogen (secondary N) is 1. The highest BCUT2D eigenvalue weighted by molar-refractivity contribution is 9.10. The van der Waals surface area contributed by atoms with Gasteiger partial charge in [-0.25, -0.2) is 4.39 Å². The Balaban J connectivity index is 1.99. The van der Waals surface area contributed by atoms with Crippen LogP contribution in [0.2, 0.25) is 0 Å². The monoisotopic (exact) mass is 313 g/mol. The smallest absolute Gasteiger partial charge is 0.123 e. The van der Waals surface area contributed by atoms with Gasteiger partial charge < -0.3 is 5.32 Å². The van der Waals surface area contributed by atoms with Crippen molar-refractivity contribution in [1.82, 2.24) is 5.32 Å². The lowest BCUT2D eigenvalue weighted by atomic mass is 9.78. The zero-order chi connectivity index (χ0) is 13.1. The van der Waals surface area contributed by atoms with E-state index in [1.165, 1.54) is 25.3 Å². The fourth-order valence-corrected chi connectivity index (χ4v) is 3.38. The molecule has 18 heavy (non-hydrogen) atoms. The Hall–Kier alpha value is -0.410. The van der Waals surface area contributed by atoms with Gasteiger partial charge >= 0.3 is 0 Å². The quantitative estimate of drug-likeness (QED) is 0.866. The Morgan fingerprint density at radius 3 is 2.61 bits per heavy atom. The zero-order valence-corrected chi connectivity index (χ0v) is 12.6. The summed E-state index contributed by atoms with van der Waals surface area (Å²) in [4.78, 5) is 0. The Kier molecular flexibility index (Phi) is 4.79. The van der Waals surface area contributed by atoms with Crippen molar-refractivity contribution < 1.29 is 4.39 Å². The summed E-state index contributed by atoms with van der Waals surface area (Å²) in [6, 6.07) is 5.42. The van der Waals surface area contributed by atoms with Crippen LogP contribution in [0.1, 0.15) is 38.7 Å². The molecule has 0 heterocycles. The summed E-state index contributed by atoms with van der Waals surface area (Å²) in [5.74, 6) is 1.25. The topological polar surface area (TPSA) is 12.0 Å². The van der Waals surface area contributed by atoms with Crippen molar-refractivity contribution in [3.8, 4) is 0 Å². The standard InChI is InChI=1S/C15H21BrFN/c1-10-4-3-5-11(2)15(10)18-9-12-8-13(17)6-7-14(12)16/h6-8,10-11,15,18H,3-5,9H2,1-2H3. The molecule has 0 aliphatic heterocycles. The van der Waals surface area contributed by atoms with Crippen LogP contribution in [0.15, 0.2) is 22.7 Å². The first-order chi connectivity index (χ1) is 8.58. The number of hydrogen-bond acceptors (Lipinski definition) is 1. The zero-order valence-electron chi connectivity index (χ0n) is 11.0. The van der Waals surface area contributed by atoms with Crippen LogP contribution in [0.5, 0.6) is 0 Å². The molecule has 1 saturated carbocycles. The van der Waals surface area contributed by atoms with E-state index in [1.54, 1.807) is 12.1 Å². The molecule has 100 valence electrons. The summed E-state index contributed by atoms with van der Waals surface area (Å²) in [6.45, 7) is 5.36. The minimum absolute atomic E-state index is 0.167. The average Bonchev–Trinajstić information content (AvgIpc) is 2.33. The maximum atomic E-state index is 13.2. The maximum Gasteiger partial charge on any atom is 0.123 e. The Bertz CT molecular complexity index is 397. The van der Waals surface area contributed by atoms with E-state index in [0.29, 0.717) is 17.9 Å². The van der Waals surface area contributed by atoms with Gasteiger partial charge in [-0.05, 0) is 48.4 Å². The van der Waals surface area contributed by atoms with Gasteiger partial charge in [0.25, 0.3) is 0 Å². The summed E-state index contributed by atoms with van der Waals surface area (Å²) >= 11 is 3.48. The summed E-state index contributed by atoms with van der Waals surface area (Å²) in [7, 11) is 0. The summed E-state index contributed by atoms with van der Waals surface area (Å²) in [6.07, 6.45) is 3.93. The maximum absolute atomic E-state index is 13.2.